The summed E-state index contributed by atoms with van der Waals surface area (Å²) >= 11 is 0. The highest BCUT2D eigenvalue weighted by atomic mass is 16.5. The monoisotopic (exact) mass is 1090 g/mol. The molecule has 12 aromatic rings. The minimum atomic E-state index is -2.65. The van der Waals surface area contributed by atoms with Crippen molar-refractivity contribution in [2.45, 2.75) is 117 Å². The average molecular weight is 1090 g/mol. The number of rotatable bonds is 6. The molecule has 0 atom stereocenters. The first kappa shape index (κ1) is 45.8. The highest BCUT2D eigenvalue weighted by Gasteiger charge is 2.39. The summed E-state index contributed by atoms with van der Waals surface area (Å²) in [6.07, 6.45) is 7.89. The molecule has 0 saturated heterocycles. The Morgan fingerprint density at radius 3 is 1.82 bits per heavy atom. The third-order valence-electron chi connectivity index (χ3n) is 18.0. The maximum absolute atomic E-state index is 8.99. The lowest BCUT2D eigenvalue weighted by atomic mass is 9.62. The van der Waals surface area contributed by atoms with Crippen molar-refractivity contribution in [1.82, 2.24) is 14.1 Å². The molecule has 0 spiro atoms. The van der Waals surface area contributed by atoms with Crippen molar-refractivity contribution in [1.29, 1.82) is 0 Å². The van der Waals surface area contributed by atoms with E-state index >= 15 is 0 Å². The lowest BCUT2D eigenvalue weighted by Crippen LogP contribution is -2.34. The molecule has 5 nitrogen and oxygen atoms in total. The molecule has 1 aliphatic carbocycles. The molecule has 0 N–H and O–H groups in total. The number of benzene rings is 9. The minimum Gasteiger partial charge on any atom is -0.458 e. The van der Waals surface area contributed by atoms with Crippen molar-refractivity contribution in [2.75, 3.05) is 0 Å². The second kappa shape index (κ2) is 18.9. The summed E-state index contributed by atoms with van der Waals surface area (Å²) in [6, 6.07) is 64.5. The first-order valence-corrected chi connectivity index (χ1v) is 29.1. The van der Waals surface area contributed by atoms with Crippen LogP contribution in [0.15, 0.2) is 194 Å². The Balaban J connectivity index is 1.05. The Hall–Kier alpha value is -8.80. The number of imidazole rings is 1. The molecule has 2 aliphatic rings. The van der Waals surface area contributed by atoms with Gasteiger partial charge in [-0.3, -0.25) is 13.7 Å². The topological polar surface area (TPSA) is 35.9 Å². The van der Waals surface area contributed by atoms with Gasteiger partial charge in [0.1, 0.15) is 17.3 Å². The lowest BCUT2D eigenvalue weighted by molar-refractivity contribution is -0.570. The van der Waals surface area contributed by atoms with E-state index < -0.39 is 13.7 Å². The Morgan fingerprint density at radius 1 is 0.506 bits per heavy atom. The number of fused-ring (bicyclic) bond motifs is 11. The molecule has 0 bridgehead atoms. The lowest BCUT2D eigenvalue weighted by Gasteiger charge is -2.42. The molecule has 0 saturated carbocycles. The molecular weight excluding hydrogens is 1010 g/mol. The van der Waals surface area contributed by atoms with E-state index in [4.69, 9.17) is 17.9 Å². The van der Waals surface area contributed by atoms with Crippen LogP contribution in [0.1, 0.15) is 124 Å². The van der Waals surface area contributed by atoms with Gasteiger partial charge in [-0.2, -0.15) is 0 Å². The van der Waals surface area contributed by atoms with Crippen molar-refractivity contribution in [3.8, 4) is 84.3 Å². The number of nitrogens with zero attached hydrogens (tertiary/aromatic N) is 4. The maximum atomic E-state index is 8.99. The molecule has 4 heterocycles. The van der Waals surface area contributed by atoms with Gasteiger partial charge in [0.05, 0.1) is 33.4 Å². The van der Waals surface area contributed by atoms with Crippen LogP contribution < -0.4 is 9.30 Å². The van der Waals surface area contributed by atoms with Gasteiger partial charge < -0.3 is 4.74 Å². The van der Waals surface area contributed by atoms with Crippen LogP contribution in [0, 0.1) is 20.0 Å². The van der Waals surface area contributed by atoms with Gasteiger partial charge in [-0.25, -0.2) is 4.98 Å². The summed E-state index contributed by atoms with van der Waals surface area (Å²) in [6.45, 7) is 17.4. The number of ether oxygens (including phenoxy) is 1. The van der Waals surface area contributed by atoms with Gasteiger partial charge in [-0.05, 0) is 204 Å². The maximum Gasteiger partial charge on any atom is 0.269 e. The molecule has 0 unspecified atom stereocenters. The van der Waals surface area contributed by atoms with Gasteiger partial charge in [-0.15, -0.1) is 0 Å². The average Bonchev–Trinajstić information content (AvgIpc) is 1.78. The molecule has 3 aromatic heterocycles. The van der Waals surface area contributed by atoms with Crippen LogP contribution in [0.5, 0.6) is 11.5 Å². The van der Waals surface area contributed by atoms with Crippen LogP contribution in [0.25, 0.3) is 106 Å². The number of hydrogen-bond donors (Lipinski definition) is 0. The number of aromatic nitrogens is 4. The molecule has 0 fully saturated rings. The van der Waals surface area contributed by atoms with Crippen molar-refractivity contribution < 1.29 is 17.5 Å². The molecule has 9 aromatic carbocycles. The summed E-state index contributed by atoms with van der Waals surface area (Å²) in [4.78, 5) is 4.93. The van der Waals surface area contributed by atoms with E-state index in [9.17, 15) is 0 Å². The summed E-state index contributed by atoms with van der Waals surface area (Å²) in [7, 11) is 0. The quantitative estimate of drug-likeness (QED) is 0.123. The van der Waals surface area contributed by atoms with E-state index in [2.05, 4.69) is 235 Å². The fourth-order valence-electron chi connectivity index (χ4n) is 13.3. The third kappa shape index (κ3) is 8.64. The van der Waals surface area contributed by atoms with Crippen LogP contribution in [0.3, 0.4) is 0 Å². The van der Waals surface area contributed by atoms with E-state index in [0.717, 1.165) is 113 Å². The molecule has 1 aliphatic heterocycles. The Kier molecular flexibility index (Phi) is 10.4. The Labute approximate surface area is 498 Å². The zero-order valence-corrected chi connectivity index (χ0v) is 49.1. The van der Waals surface area contributed by atoms with E-state index in [-0.39, 0.29) is 38.4 Å². The fourth-order valence-corrected chi connectivity index (χ4v) is 13.3. The zero-order valence-electron chi connectivity index (χ0n) is 55.1. The highest BCUT2D eigenvalue weighted by Crippen LogP contribution is 2.53. The Morgan fingerprint density at radius 2 is 1.11 bits per heavy atom. The number of hydrogen-bond acceptors (Lipinski definition) is 2. The highest BCUT2D eigenvalue weighted by molar-refractivity contribution is 6.09. The summed E-state index contributed by atoms with van der Waals surface area (Å²) < 4.78 is 67.5. The van der Waals surface area contributed by atoms with Crippen molar-refractivity contribution in [3.05, 3.63) is 234 Å². The second-order valence-electron chi connectivity index (χ2n) is 26.5. The molecule has 83 heavy (non-hydrogen) atoms. The molecule has 410 valence electrons. The van der Waals surface area contributed by atoms with Crippen LogP contribution in [0.2, 0.25) is 0 Å². The van der Waals surface area contributed by atoms with E-state index in [1.165, 1.54) is 16.7 Å². The standard InChI is InChI=1S/C78H72N4O/c1-48-20-17-21-49(2)72(48)51-40-62(50-30-32-52(33-31-50)75(3,4)5)73-65(41-51)64-46-67-66(77(9,10)37-38-78(67,11)12)45-63(64)58-25-14-13-24-57(58)61-27-19-29-69-74(61)81(73)47-80(69)54-22-18-23-55(43-54)83-56-34-35-60-59-26-15-16-28-68(59)82(70(60)44-56)71-42-53(36-39-79-71)76(6,7)8/h13-36,39-46H,37-38H2,1-12H3/i1D3,2D3. The van der Waals surface area contributed by atoms with Gasteiger partial charge in [0.15, 0.2) is 0 Å². The molecule has 0 radical (unpaired) electrons. The SMILES string of the molecule is [2H]C([2H])([2H])c1cccc(C([2H])([2H])[2H])c1-c1cc(-c2ccc(C(C)(C)C)cc2)c2c(c1)-c1cc3c(cc1-c1ccccc1-c1cccc4c1[n+]-2[c-]n4-c1cccc(Oc2ccc4c5ccccc5n(-c5cc(C(C)(C)C)ccn5)c4c2)c1)C(C)(C)CCC3(C)C. The predicted molar refractivity (Wildman–Crippen MR) is 345 cm³/mol. The minimum absolute atomic E-state index is 0.0209. The normalized spacial score (nSPS) is 15.7. The molecular formula is C78H72N4O. The third-order valence-corrected chi connectivity index (χ3v) is 18.0. The summed E-state index contributed by atoms with van der Waals surface area (Å²) in [5.41, 5.74) is 17.9. The van der Waals surface area contributed by atoms with Crippen LogP contribution in [-0.4, -0.2) is 14.1 Å². The van der Waals surface area contributed by atoms with E-state index in [0.29, 0.717) is 17.1 Å². The summed E-state index contributed by atoms with van der Waals surface area (Å²) in [5, 5.41) is 2.22. The van der Waals surface area contributed by atoms with Crippen LogP contribution >= 0.6 is 0 Å². The van der Waals surface area contributed by atoms with Gasteiger partial charge in [0.25, 0.3) is 6.33 Å². The predicted octanol–water partition coefficient (Wildman–Crippen LogP) is 20.2. The van der Waals surface area contributed by atoms with E-state index in [1.807, 2.05) is 30.5 Å². The van der Waals surface area contributed by atoms with Gasteiger partial charge in [0.2, 0.25) is 0 Å². The smallest absolute Gasteiger partial charge is 0.269 e. The van der Waals surface area contributed by atoms with Gasteiger partial charge in [-0.1, -0.05) is 184 Å². The first-order valence-electron chi connectivity index (χ1n) is 32.1. The fraction of sp³-hybridized carbons (Fsp3) is 0.231. The van der Waals surface area contributed by atoms with Crippen LogP contribution in [0.4, 0.5) is 0 Å². The number of pyridine rings is 1. The molecule has 5 heteroatoms. The van der Waals surface area contributed by atoms with Crippen molar-refractivity contribution in [3.63, 3.8) is 0 Å². The van der Waals surface area contributed by atoms with Gasteiger partial charge in [0, 0.05) is 31.3 Å². The number of para-hydroxylation sites is 2. The number of aryl methyl sites for hydroxylation is 2. The molecule has 0 amide bonds. The summed E-state index contributed by atoms with van der Waals surface area (Å²) in [5.74, 6) is 2.14. The van der Waals surface area contributed by atoms with Crippen molar-refractivity contribution >= 4 is 32.8 Å². The van der Waals surface area contributed by atoms with Gasteiger partial charge >= 0.3 is 0 Å². The van der Waals surface area contributed by atoms with Crippen LogP contribution in [-0.2, 0) is 21.7 Å². The zero-order chi connectivity index (χ0) is 62.5. The van der Waals surface area contributed by atoms with Crippen molar-refractivity contribution in [2.24, 2.45) is 0 Å². The Bertz CT molecular complexity index is 4840. The second-order valence-corrected chi connectivity index (χ2v) is 26.5. The largest absolute Gasteiger partial charge is 0.458 e. The van der Waals surface area contributed by atoms with E-state index in [1.54, 1.807) is 18.2 Å². The first-order chi connectivity index (χ1) is 42.1. The molecule has 14 rings (SSSR count).